The maximum atomic E-state index is 6.20. The maximum absolute atomic E-state index is 6.20. The molecule has 0 spiro atoms. The minimum Gasteiger partial charge on any atom is -0.492 e. The maximum Gasteiger partial charge on any atom is 0.122 e. The van der Waals surface area contributed by atoms with Crippen molar-refractivity contribution in [2.45, 2.75) is 46.1 Å². The van der Waals surface area contributed by atoms with Crippen LogP contribution >= 0.6 is 0 Å². The molecule has 0 bridgehead atoms. The van der Waals surface area contributed by atoms with E-state index in [2.05, 4.69) is 80.3 Å². The summed E-state index contributed by atoms with van der Waals surface area (Å²) in [6.07, 6.45) is 3.29. The lowest BCUT2D eigenvalue weighted by Gasteiger charge is -2.28. The van der Waals surface area contributed by atoms with E-state index in [9.17, 15) is 0 Å². The van der Waals surface area contributed by atoms with Gasteiger partial charge in [0.15, 0.2) is 0 Å². The molecule has 130 valence electrons. The molecule has 0 aromatic heterocycles. The summed E-state index contributed by atoms with van der Waals surface area (Å²) in [6.45, 7) is 9.78. The summed E-state index contributed by atoms with van der Waals surface area (Å²) in [5, 5.41) is 0. The Balaban J connectivity index is 1.99. The number of benzene rings is 2. The number of rotatable bonds is 10. The molecule has 1 unspecified atom stereocenters. The first kappa shape index (κ1) is 18.5. The highest BCUT2D eigenvalue weighted by Crippen LogP contribution is 2.22. The summed E-state index contributed by atoms with van der Waals surface area (Å²) in [5.41, 5.74) is 2.58. The van der Waals surface area contributed by atoms with E-state index in [4.69, 9.17) is 4.74 Å². The van der Waals surface area contributed by atoms with Crippen LogP contribution in [0.3, 0.4) is 0 Å². The quantitative estimate of drug-likeness (QED) is 0.598. The van der Waals surface area contributed by atoms with Gasteiger partial charge in [0.1, 0.15) is 12.4 Å². The van der Waals surface area contributed by atoms with Crippen molar-refractivity contribution in [3.63, 3.8) is 0 Å². The van der Waals surface area contributed by atoms with Crippen LogP contribution in [0.5, 0.6) is 5.75 Å². The van der Waals surface area contributed by atoms with Gasteiger partial charge in [0.2, 0.25) is 0 Å². The van der Waals surface area contributed by atoms with Crippen LogP contribution in [0.15, 0.2) is 54.6 Å². The molecule has 0 radical (unpaired) electrons. The van der Waals surface area contributed by atoms with Gasteiger partial charge in [-0.1, -0.05) is 62.4 Å². The van der Waals surface area contributed by atoms with E-state index >= 15 is 0 Å². The van der Waals surface area contributed by atoms with E-state index in [-0.39, 0.29) is 0 Å². The van der Waals surface area contributed by atoms with Gasteiger partial charge >= 0.3 is 0 Å². The molecule has 0 amide bonds. The topological polar surface area (TPSA) is 12.5 Å². The summed E-state index contributed by atoms with van der Waals surface area (Å²) in [4.78, 5) is 2.53. The monoisotopic (exact) mass is 325 g/mol. The Bertz CT molecular complexity index is 576. The van der Waals surface area contributed by atoms with Crippen molar-refractivity contribution in [2.24, 2.45) is 0 Å². The van der Waals surface area contributed by atoms with Gasteiger partial charge in [-0.05, 0) is 50.0 Å². The summed E-state index contributed by atoms with van der Waals surface area (Å²) >= 11 is 0. The van der Waals surface area contributed by atoms with E-state index in [0.29, 0.717) is 6.04 Å². The van der Waals surface area contributed by atoms with Crippen LogP contribution in [-0.2, 0) is 6.42 Å². The second-order valence-electron chi connectivity index (χ2n) is 6.47. The van der Waals surface area contributed by atoms with Crippen molar-refractivity contribution >= 4 is 0 Å². The van der Waals surface area contributed by atoms with Gasteiger partial charge in [-0.25, -0.2) is 0 Å². The molecule has 0 aliphatic rings. The molecule has 0 N–H and O–H groups in total. The first-order valence-electron chi connectivity index (χ1n) is 9.23. The molecule has 2 nitrogen and oxygen atoms in total. The van der Waals surface area contributed by atoms with Gasteiger partial charge in [0.05, 0.1) is 0 Å². The molecule has 0 fully saturated rings. The Morgan fingerprint density at radius 1 is 0.875 bits per heavy atom. The van der Waals surface area contributed by atoms with E-state index in [1.54, 1.807) is 0 Å². The molecular weight excluding hydrogens is 294 g/mol. The van der Waals surface area contributed by atoms with E-state index in [0.717, 1.165) is 31.9 Å². The highest BCUT2D eigenvalue weighted by molar-refractivity contribution is 5.37. The van der Waals surface area contributed by atoms with Gasteiger partial charge in [0.25, 0.3) is 0 Å². The molecule has 2 rings (SSSR count). The first-order valence-corrected chi connectivity index (χ1v) is 9.23. The number of hydrogen-bond acceptors (Lipinski definition) is 2. The van der Waals surface area contributed by atoms with Gasteiger partial charge in [-0.15, -0.1) is 0 Å². The van der Waals surface area contributed by atoms with E-state index in [1.165, 1.54) is 24.0 Å². The van der Waals surface area contributed by atoms with Gasteiger partial charge in [-0.3, -0.25) is 4.90 Å². The van der Waals surface area contributed by atoms with Gasteiger partial charge in [-0.2, -0.15) is 0 Å². The summed E-state index contributed by atoms with van der Waals surface area (Å²) in [7, 11) is 0. The molecule has 0 saturated carbocycles. The fourth-order valence-electron chi connectivity index (χ4n) is 3.05. The second kappa shape index (κ2) is 10.1. The SMILES string of the molecule is CCCN(CCC)C(C)COc1ccccc1Cc1ccccc1. The van der Waals surface area contributed by atoms with Gasteiger partial charge < -0.3 is 4.74 Å². The summed E-state index contributed by atoms with van der Waals surface area (Å²) in [6, 6.07) is 19.4. The van der Waals surface area contributed by atoms with Crippen LogP contribution in [0.25, 0.3) is 0 Å². The van der Waals surface area contributed by atoms with Crippen LogP contribution in [0.2, 0.25) is 0 Å². The Labute approximate surface area is 147 Å². The van der Waals surface area contributed by atoms with Crippen LogP contribution in [-0.4, -0.2) is 30.6 Å². The Kier molecular flexibility index (Phi) is 7.84. The molecule has 0 aliphatic carbocycles. The fourth-order valence-corrected chi connectivity index (χ4v) is 3.05. The molecule has 24 heavy (non-hydrogen) atoms. The van der Waals surface area contributed by atoms with Crippen molar-refractivity contribution in [3.8, 4) is 5.75 Å². The number of hydrogen-bond donors (Lipinski definition) is 0. The Morgan fingerprint density at radius 3 is 2.17 bits per heavy atom. The van der Waals surface area contributed by atoms with Crippen molar-refractivity contribution in [2.75, 3.05) is 19.7 Å². The number of ether oxygens (including phenoxy) is 1. The largest absolute Gasteiger partial charge is 0.492 e. The molecule has 2 heteroatoms. The zero-order chi connectivity index (χ0) is 17.2. The molecule has 2 aromatic rings. The molecular formula is C22H31NO. The predicted molar refractivity (Wildman–Crippen MR) is 103 cm³/mol. The molecule has 2 aromatic carbocycles. The third-order valence-electron chi connectivity index (χ3n) is 4.34. The van der Waals surface area contributed by atoms with Crippen LogP contribution in [0.4, 0.5) is 0 Å². The lowest BCUT2D eigenvalue weighted by Crippen LogP contribution is -2.38. The van der Waals surface area contributed by atoms with Crippen LogP contribution in [0, 0.1) is 0 Å². The average molecular weight is 325 g/mol. The van der Waals surface area contributed by atoms with Crippen molar-refractivity contribution in [1.82, 2.24) is 4.90 Å². The van der Waals surface area contributed by atoms with Crippen molar-refractivity contribution < 1.29 is 4.74 Å². The minimum atomic E-state index is 0.440. The number of para-hydroxylation sites is 1. The zero-order valence-corrected chi connectivity index (χ0v) is 15.4. The minimum absolute atomic E-state index is 0.440. The lowest BCUT2D eigenvalue weighted by atomic mass is 10.0. The highest BCUT2D eigenvalue weighted by atomic mass is 16.5. The fraction of sp³-hybridized carbons (Fsp3) is 0.455. The van der Waals surface area contributed by atoms with Crippen LogP contribution in [0.1, 0.15) is 44.7 Å². The molecule has 1 atom stereocenters. The summed E-state index contributed by atoms with van der Waals surface area (Å²) < 4.78 is 6.20. The van der Waals surface area contributed by atoms with Crippen LogP contribution < -0.4 is 4.74 Å². The molecule has 0 aliphatic heterocycles. The molecule has 0 heterocycles. The standard InChI is InChI=1S/C22H31NO/c1-4-15-23(16-5-2)19(3)18-24-22-14-10-9-13-21(22)17-20-11-7-6-8-12-20/h6-14,19H,4-5,15-18H2,1-3H3. The number of nitrogens with zero attached hydrogens (tertiary/aromatic N) is 1. The van der Waals surface area contributed by atoms with Crippen molar-refractivity contribution in [1.29, 1.82) is 0 Å². The van der Waals surface area contributed by atoms with E-state index < -0.39 is 0 Å². The lowest BCUT2D eigenvalue weighted by molar-refractivity contribution is 0.145. The predicted octanol–water partition coefficient (Wildman–Crippen LogP) is 5.17. The average Bonchev–Trinajstić information content (AvgIpc) is 2.61. The molecule has 0 saturated heterocycles. The first-order chi connectivity index (χ1) is 11.7. The van der Waals surface area contributed by atoms with Gasteiger partial charge in [0, 0.05) is 12.5 Å². The second-order valence-corrected chi connectivity index (χ2v) is 6.47. The van der Waals surface area contributed by atoms with Crippen molar-refractivity contribution in [3.05, 3.63) is 65.7 Å². The third kappa shape index (κ3) is 5.68. The smallest absolute Gasteiger partial charge is 0.122 e. The normalized spacial score (nSPS) is 12.3. The Morgan fingerprint density at radius 2 is 1.50 bits per heavy atom. The third-order valence-corrected chi connectivity index (χ3v) is 4.34. The summed E-state index contributed by atoms with van der Waals surface area (Å²) in [5.74, 6) is 1.01. The zero-order valence-electron chi connectivity index (χ0n) is 15.4. The highest BCUT2D eigenvalue weighted by Gasteiger charge is 2.13. The van der Waals surface area contributed by atoms with E-state index in [1.807, 2.05) is 0 Å². The Hall–Kier alpha value is -1.80.